The molecule has 0 amide bonds. The van der Waals surface area contributed by atoms with E-state index in [9.17, 15) is 14.4 Å². The van der Waals surface area contributed by atoms with Crippen LogP contribution in [0.15, 0.2) is 42.5 Å². The fourth-order valence-electron chi connectivity index (χ4n) is 1.17. The van der Waals surface area contributed by atoms with Gasteiger partial charge in [0.15, 0.2) is 5.78 Å². The minimum atomic E-state index is -0.778. The number of carbonyl (C=O) groups is 3. The second-order valence-corrected chi connectivity index (χ2v) is 3.85. The zero-order chi connectivity index (χ0) is 14.3. The topological polar surface area (TPSA) is 69.7 Å². The smallest absolute Gasteiger partial charge is 0.334 e. The van der Waals surface area contributed by atoms with Crippen LogP contribution in [0.5, 0.6) is 5.75 Å². The first kappa shape index (κ1) is 14.6. The van der Waals surface area contributed by atoms with Crippen LogP contribution in [0.1, 0.15) is 13.3 Å². The highest BCUT2D eigenvalue weighted by molar-refractivity contribution is 5.94. The fraction of sp³-hybridized carbons (Fsp3) is 0.214. The molecule has 0 fully saturated rings. The van der Waals surface area contributed by atoms with Crippen LogP contribution in [-0.4, -0.2) is 24.3 Å². The van der Waals surface area contributed by atoms with Gasteiger partial charge >= 0.3 is 11.9 Å². The normalized spacial score (nSPS) is 9.53. The molecule has 0 aromatic heterocycles. The third kappa shape index (κ3) is 5.63. The third-order valence-corrected chi connectivity index (χ3v) is 2.03. The Morgan fingerprint density at radius 3 is 2.37 bits per heavy atom. The Balaban J connectivity index is 2.42. The Labute approximate surface area is 110 Å². The van der Waals surface area contributed by atoms with Gasteiger partial charge in [-0.3, -0.25) is 9.59 Å². The number of hydrogen-bond donors (Lipinski definition) is 0. The maximum atomic E-state index is 11.5. The van der Waals surface area contributed by atoms with Gasteiger partial charge in [0.05, 0.1) is 6.42 Å². The second kappa shape index (κ2) is 7.10. The van der Waals surface area contributed by atoms with Crippen molar-refractivity contribution in [1.82, 2.24) is 0 Å². The van der Waals surface area contributed by atoms with Gasteiger partial charge < -0.3 is 9.47 Å². The lowest BCUT2D eigenvalue weighted by atomic mass is 10.2. The number of carbonyl (C=O) groups excluding carboxylic acids is 3. The van der Waals surface area contributed by atoms with E-state index in [1.54, 1.807) is 30.3 Å². The lowest BCUT2D eigenvalue weighted by molar-refractivity contribution is -0.145. The van der Waals surface area contributed by atoms with Crippen LogP contribution in [0.4, 0.5) is 0 Å². The van der Waals surface area contributed by atoms with E-state index in [1.165, 1.54) is 6.92 Å². The number of ether oxygens (including phenoxy) is 2. The van der Waals surface area contributed by atoms with E-state index in [-0.39, 0.29) is 24.4 Å². The van der Waals surface area contributed by atoms with E-state index in [4.69, 9.17) is 4.74 Å². The van der Waals surface area contributed by atoms with E-state index < -0.39 is 11.9 Å². The van der Waals surface area contributed by atoms with E-state index in [2.05, 4.69) is 11.3 Å². The van der Waals surface area contributed by atoms with Gasteiger partial charge in [-0.2, -0.15) is 0 Å². The first-order valence-corrected chi connectivity index (χ1v) is 5.59. The molecule has 0 saturated heterocycles. The molecular formula is C14H14O5. The Kier molecular flexibility index (Phi) is 5.47. The number of para-hydroxylation sites is 1. The van der Waals surface area contributed by atoms with Gasteiger partial charge in [-0.25, -0.2) is 4.79 Å². The molecule has 0 radical (unpaired) electrons. The fourth-order valence-corrected chi connectivity index (χ4v) is 1.17. The Hall–Kier alpha value is -2.43. The molecule has 1 aromatic rings. The number of ketones is 1. The molecule has 0 atom stereocenters. The Morgan fingerprint density at radius 2 is 1.79 bits per heavy atom. The van der Waals surface area contributed by atoms with E-state index in [0.717, 1.165) is 0 Å². The van der Waals surface area contributed by atoms with Crippen LogP contribution in [0.2, 0.25) is 0 Å². The van der Waals surface area contributed by atoms with Crippen molar-refractivity contribution in [3.63, 3.8) is 0 Å². The summed E-state index contributed by atoms with van der Waals surface area (Å²) in [5, 5.41) is 0. The van der Waals surface area contributed by atoms with Crippen molar-refractivity contribution in [2.75, 3.05) is 6.61 Å². The molecule has 0 bridgehead atoms. The van der Waals surface area contributed by atoms with Gasteiger partial charge in [0, 0.05) is 5.57 Å². The SMILES string of the molecule is C=C(CC(=O)Oc1ccccc1)C(=O)OCC(C)=O. The first-order valence-electron chi connectivity index (χ1n) is 5.59. The maximum Gasteiger partial charge on any atom is 0.334 e. The molecule has 0 N–H and O–H groups in total. The molecule has 0 saturated carbocycles. The molecule has 0 heterocycles. The van der Waals surface area contributed by atoms with Crippen LogP contribution in [-0.2, 0) is 19.1 Å². The molecule has 0 aliphatic heterocycles. The van der Waals surface area contributed by atoms with Gasteiger partial charge in [-0.1, -0.05) is 24.8 Å². The number of Topliss-reactive ketones (excluding diaryl/α,β-unsaturated/α-hetero) is 1. The summed E-state index contributed by atoms with van der Waals surface area (Å²) in [6.45, 7) is 4.39. The van der Waals surface area contributed by atoms with Gasteiger partial charge in [-0.15, -0.1) is 0 Å². The van der Waals surface area contributed by atoms with Gasteiger partial charge in [-0.05, 0) is 19.1 Å². The van der Waals surface area contributed by atoms with Crippen molar-refractivity contribution >= 4 is 17.7 Å². The molecule has 1 aromatic carbocycles. The molecule has 0 spiro atoms. The highest BCUT2D eigenvalue weighted by Gasteiger charge is 2.15. The zero-order valence-corrected chi connectivity index (χ0v) is 10.5. The molecule has 5 heteroatoms. The molecule has 0 unspecified atom stereocenters. The molecule has 19 heavy (non-hydrogen) atoms. The zero-order valence-electron chi connectivity index (χ0n) is 10.5. The van der Waals surface area contributed by atoms with Gasteiger partial charge in [0.25, 0.3) is 0 Å². The predicted molar refractivity (Wildman–Crippen MR) is 67.5 cm³/mol. The highest BCUT2D eigenvalue weighted by atomic mass is 16.5. The van der Waals surface area contributed by atoms with Crippen molar-refractivity contribution in [2.45, 2.75) is 13.3 Å². The molecule has 5 nitrogen and oxygen atoms in total. The van der Waals surface area contributed by atoms with Gasteiger partial charge in [0.1, 0.15) is 12.4 Å². The van der Waals surface area contributed by atoms with E-state index in [0.29, 0.717) is 5.75 Å². The van der Waals surface area contributed by atoms with Crippen molar-refractivity contribution in [2.24, 2.45) is 0 Å². The summed E-state index contributed by atoms with van der Waals surface area (Å²) in [6, 6.07) is 8.47. The van der Waals surface area contributed by atoms with Crippen LogP contribution in [0.3, 0.4) is 0 Å². The molecular weight excluding hydrogens is 248 g/mol. The molecule has 1 rings (SSSR count). The quantitative estimate of drug-likeness (QED) is 0.443. The average molecular weight is 262 g/mol. The lowest BCUT2D eigenvalue weighted by Gasteiger charge is -2.06. The van der Waals surface area contributed by atoms with Crippen molar-refractivity contribution in [3.8, 4) is 5.75 Å². The predicted octanol–water partition coefficient (Wildman–Crippen LogP) is 1.67. The standard InChI is InChI=1S/C14H14O5/c1-10(14(17)18-9-11(2)15)8-13(16)19-12-6-4-3-5-7-12/h3-7H,1,8-9H2,2H3. The summed E-state index contributed by atoms with van der Waals surface area (Å²) in [5.74, 6) is -1.29. The number of benzene rings is 1. The van der Waals surface area contributed by atoms with Gasteiger partial charge in [0.2, 0.25) is 0 Å². The van der Waals surface area contributed by atoms with E-state index >= 15 is 0 Å². The molecule has 0 aliphatic rings. The number of esters is 2. The minimum Gasteiger partial charge on any atom is -0.454 e. The summed E-state index contributed by atoms with van der Waals surface area (Å²) in [7, 11) is 0. The average Bonchev–Trinajstić information content (AvgIpc) is 2.36. The molecule has 0 aliphatic carbocycles. The minimum absolute atomic E-state index is 0.0535. The number of rotatable bonds is 6. The van der Waals surface area contributed by atoms with Crippen molar-refractivity contribution < 1.29 is 23.9 Å². The summed E-state index contributed by atoms with van der Waals surface area (Å²) in [6.07, 6.45) is -0.286. The maximum absolute atomic E-state index is 11.5. The largest absolute Gasteiger partial charge is 0.454 e. The first-order chi connectivity index (χ1) is 8.99. The Bertz CT molecular complexity index is 490. The van der Waals surface area contributed by atoms with Crippen LogP contribution in [0.25, 0.3) is 0 Å². The summed E-state index contributed by atoms with van der Waals surface area (Å²) >= 11 is 0. The van der Waals surface area contributed by atoms with Crippen LogP contribution >= 0.6 is 0 Å². The summed E-state index contributed by atoms with van der Waals surface area (Å²) in [5.41, 5.74) is -0.0535. The number of hydrogen-bond acceptors (Lipinski definition) is 5. The molecule has 100 valence electrons. The van der Waals surface area contributed by atoms with Crippen LogP contribution < -0.4 is 4.74 Å². The lowest BCUT2D eigenvalue weighted by Crippen LogP contribution is -2.17. The van der Waals surface area contributed by atoms with Crippen LogP contribution in [0, 0.1) is 0 Å². The summed E-state index contributed by atoms with van der Waals surface area (Å²) in [4.78, 5) is 33.5. The summed E-state index contributed by atoms with van der Waals surface area (Å²) < 4.78 is 9.61. The monoisotopic (exact) mass is 262 g/mol. The van der Waals surface area contributed by atoms with E-state index in [1.807, 2.05) is 0 Å². The van der Waals surface area contributed by atoms with Crippen molar-refractivity contribution in [3.05, 3.63) is 42.5 Å². The third-order valence-electron chi connectivity index (χ3n) is 2.03. The Morgan fingerprint density at radius 1 is 1.16 bits per heavy atom. The highest BCUT2D eigenvalue weighted by Crippen LogP contribution is 2.11. The second-order valence-electron chi connectivity index (χ2n) is 3.85. The van der Waals surface area contributed by atoms with Crippen molar-refractivity contribution in [1.29, 1.82) is 0 Å².